The largest absolute Gasteiger partial charge is 0.493 e. The number of hydrogen-bond acceptors (Lipinski definition) is 7. The van der Waals surface area contributed by atoms with Gasteiger partial charge in [-0.3, -0.25) is 0 Å². The summed E-state index contributed by atoms with van der Waals surface area (Å²) < 4.78 is 26.3. The number of nitrogens with zero attached hydrogens (tertiary/aromatic N) is 1. The third-order valence-corrected chi connectivity index (χ3v) is 4.18. The fourth-order valence-electron chi connectivity index (χ4n) is 2.79. The van der Waals surface area contributed by atoms with Gasteiger partial charge >= 0.3 is 5.97 Å². The summed E-state index contributed by atoms with van der Waals surface area (Å²) >= 11 is 0. The van der Waals surface area contributed by atoms with E-state index in [9.17, 15) is 4.79 Å². The summed E-state index contributed by atoms with van der Waals surface area (Å²) in [5.74, 6) is 2.24. The van der Waals surface area contributed by atoms with E-state index in [0.29, 0.717) is 35.3 Å². The molecule has 0 atom stereocenters. The van der Waals surface area contributed by atoms with E-state index in [2.05, 4.69) is 4.99 Å². The molecule has 7 heteroatoms. The third-order valence-electron chi connectivity index (χ3n) is 4.18. The van der Waals surface area contributed by atoms with E-state index in [1.54, 1.807) is 52.7 Å². The Morgan fingerprint density at radius 1 is 0.857 bits per heavy atom. The van der Waals surface area contributed by atoms with Gasteiger partial charge in [-0.1, -0.05) is 12.1 Å². The van der Waals surface area contributed by atoms with Gasteiger partial charge < -0.3 is 23.7 Å². The van der Waals surface area contributed by atoms with Crippen LogP contribution in [0.2, 0.25) is 0 Å². The number of aliphatic imine (C=N–C) groups is 1. The lowest BCUT2D eigenvalue weighted by molar-refractivity contribution is -0.130. The molecule has 0 spiro atoms. The van der Waals surface area contributed by atoms with Crippen LogP contribution in [-0.4, -0.2) is 40.3 Å². The topological polar surface area (TPSA) is 75.6 Å². The predicted octanol–water partition coefficient (Wildman–Crippen LogP) is 3.26. The fraction of sp³-hybridized carbons (Fsp3) is 0.238. The molecule has 0 bridgehead atoms. The standard InChI is InChI=1S/C21H21NO6/c1-24-16-7-5-13(10-18(16)26-3)9-15-21(23)28-20(22-15)12-14-6-8-17(25-2)19(11-14)27-4/h5-11H,12H2,1-4H3/b15-9+. The second-order valence-electron chi connectivity index (χ2n) is 5.91. The van der Waals surface area contributed by atoms with Crippen molar-refractivity contribution in [3.05, 3.63) is 53.2 Å². The second kappa shape index (κ2) is 8.47. The molecule has 1 heterocycles. The number of benzene rings is 2. The molecule has 0 aromatic heterocycles. The maximum absolute atomic E-state index is 12.2. The first-order valence-electron chi connectivity index (χ1n) is 8.52. The summed E-state index contributed by atoms with van der Waals surface area (Å²) in [6, 6.07) is 10.8. The molecule has 0 amide bonds. The van der Waals surface area contributed by atoms with Crippen molar-refractivity contribution in [2.24, 2.45) is 4.99 Å². The number of hydrogen-bond donors (Lipinski definition) is 0. The van der Waals surface area contributed by atoms with Crippen molar-refractivity contribution < 1.29 is 28.5 Å². The summed E-state index contributed by atoms with van der Waals surface area (Å²) in [6.45, 7) is 0. The molecule has 2 aromatic carbocycles. The van der Waals surface area contributed by atoms with Crippen molar-refractivity contribution in [1.29, 1.82) is 0 Å². The average Bonchev–Trinajstić information content (AvgIpc) is 3.06. The predicted molar refractivity (Wildman–Crippen MR) is 104 cm³/mol. The first-order chi connectivity index (χ1) is 13.6. The van der Waals surface area contributed by atoms with Crippen LogP contribution in [0.15, 0.2) is 47.1 Å². The number of cyclic esters (lactones) is 1. The molecule has 0 N–H and O–H groups in total. The lowest BCUT2D eigenvalue weighted by atomic mass is 10.1. The second-order valence-corrected chi connectivity index (χ2v) is 5.91. The van der Waals surface area contributed by atoms with Gasteiger partial charge in [0.15, 0.2) is 28.7 Å². The minimum atomic E-state index is -0.495. The Kier molecular flexibility index (Phi) is 5.84. The van der Waals surface area contributed by atoms with Gasteiger partial charge in [-0.25, -0.2) is 9.79 Å². The molecule has 3 rings (SSSR count). The number of carbonyl (C=O) groups excluding carboxylic acids is 1. The highest BCUT2D eigenvalue weighted by Gasteiger charge is 2.23. The molecule has 1 aliphatic rings. The van der Waals surface area contributed by atoms with Crippen LogP contribution >= 0.6 is 0 Å². The number of esters is 1. The van der Waals surface area contributed by atoms with E-state index in [0.717, 1.165) is 11.1 Å². The van der Waals surface area contributed by atoms with Crippen molar-refractivity contribution in [1.82, 2.24) is 0 Å². The van der Waals surface area contributed by atoms with Crippen molar-refractivity contribution in [3.8, 4) is 23.0 Å². The van der Waals surface area contributed by atoms with Crippen molar-refractivity contribution in [3.63, 3.8) is 0 Å². The molecule has 0 fully saturated rings. The molecular formula is C21H21NO6. The molecule has 28 heavy (non-hydrogen) atoms. The number of ether oxygens (including phenoxy) is 5. The van der Waals surface area contributed by atoms with E-state index in [4.69, 9.17) is 23.7 Å². The number of carbonyl (C=O) groups is 1. The minimum Gasteiger partial charge on any atom is -0.493 e. The first kappa shape index (κ1) is 19.3. The smallest absolute Gasteiger partial charge is 0.363 e. The molecule has 7 nitrogen and oxygen atoms in total. The summed E-state index contributed by atoms with van der Waals surface area (Å²) in [6.07, 6.45) is 2.00. The summed E-state index contributed by atoms with van der Waals surface area (Å²) in [4.78, 5) is 16.5. The van der Waals surface area contributed by atoms with Gasteiger partial charge in [0, 0.05) is 6.42 Å². The van der Waals surface area contributed by atoms with Crippen molar-refractivity contribution in [2.75, 3.05) is 28.4 Å². The molecule has 0 saturated carbocycles. The van der Waals surface area contributed by atoms with Crippen LogP contribution in [-0.2, 0) is 16.0 Å². The van der Waals surface area contributed by atoms with E-state index in [-0.39, 0.29) is 5.70 Å². The summed E-state index contributed by atoms with van der Waals surface area (Å²) in [5, 5.41) is 0. The number of rotatable bonds is 7. The summed E-state index contributed by atoms with van der Waals surface area (Å²) in [7, 11) is 6.26. The zero-order chi connectivity index (χ0) is 20.1. The maximum Gasteiger partial charge on any atom is 0.363 e. The zero-order valence-corrected chi connectivity index (χ0v) is 16.1. The Morgan fingerprint density at radius 2 is 1.46 bits per heavy atom. The SMILES string of the molecule is COc1ccc(/C=C2/N=C(Cc3ccc(OC)c(OC)c3)OC2=O)cc1OC. The maximum atomic E-state index is 12.2. The molecule has 2 aromatic rings. The van der Waals surface area contributed by atoms with Crippen LogP contribution in [0.1, 0.15) is 11.1 Å². The van der Waals surface area contributed by atoms with E-state index in [1.807, 2.05) is 18.2 Å². The lowest BCUT2D eigenvalue weighted by Crippen LogP contribution is -2.07. The van der Waals surface area contributed by atoms with Crippen molar-refractivity contribution >= 4 is 17.9 Å². The normalized spacial score (nSPS) is 14.5. The van der Waals surface area contributed by atoms with Gasteiger partial charge in [-0.2, -0.15) is 0 Å². The Labute approximate surface area is 163 Å². The fourth-order valence-corrected chi connectivity index (χ4v) is 2.79. The Bertz CT molecular complexity index is 948. The molecule has 0 aliphatic carbocycles. The van der Waals surface area contributed by atoms with Crippen molar-refractivity contribution in [2.45, 2.75) is 6.42 Å². The Balaban J connectivity index is 1.82. The summed E-state index contributed by atoms with van der Waals surface area (Å²) in [5.41, 5.74) is 1.86. The van der Waals surface area contributed by atoms with Crippen LogP contribution in [0.4, 0.5) is 0 Å². The van der Waals surface area contributed by atoms with Crippen LogP contribution < -0.4 is 18.9 Å². The Hall–Kier alpha value is -3.48. The third kappa shape index (κ3) is 4.09. The Morgan fingerprint density at radius 3 is 2.11 bits per heavy atom. The monoisotopic (exact) mass is 383 g/mol. The van der Waals surface area contributed by atoms with Crippen LogP contribution in [0, 0.1) is 0 Å². The highest BCUT2D eigenvalue weighted by molar-refractivity contribution is 6.07. The highest BCUT2D eigenvalue weighted by Crippen LogP contribution is 2.30. The lowest BCUT2D eigenvalue weighted by Gasteiger charge is -2.09. The molecule has 146 valence electrons. The first-order valence-corrected chi connectivity index (χ1v) is 8.52. The molecule has 0 saturated heterocycles. The van der Waals surface area contributed by atoms with E-state index in [1.165, 1.54) is 0 Å². The van der Waals surface area contributed by atoms with Crippen LogP contribution in [0.25, 0.3) is 6.08 Å². The van der Waals surface area contributed by atoms with Crippen LogP contribution in [0.3, 0.4) is 0 Å². The van der Waals surface area contributed by atoms with Gasteiger partial charge in [0.05, 0.1) is 28.4 Å². The highest BCUT2D eigenvalue weighted by atomic mass is 16.6. The minimum absolute atomic E-state index is 0.225. The van der Waals surface area contributed by atoms with Gasteiger partial charge in [-0.05, 0) is 41.5 Å². The molecule has 0 unspecified atom stereocenters. The molecular weight excluding hydrogens is 362 g/mol. The van der Waals surface area contributed by atoms with Crippen LogP contribution in [0.5, 0.6) is 23.0 Å². The molecule has 1 aliphatic heterocycles. The van der Waals surface area contributed by atoms with Gasteiger partial charge in [-0.15, -0.1) is 0 Å². The number of methoxy groups -OCH3 is 4. The van der Waals surface area contributed by atoms with Gasteiger partial charge in [0.25, 0.3) is 0 Å². The zero-order valence-electron chi connectivity index (χ0n) is 16.1. The van der Waals surface area contributed by atoms with Gasteiger partial charge in [0.2, 0.25) is 5.90 Å². The molecule has 0 radical (unpaired) electrons. The van der Waals surface area contributed by atoms with E-state index >= 15 is 0 Å². The quantitative estimate of drug-likeness (QED) is 0.540. The average molecular weight is 383 g/mol. The van der Waals surface area contributed by atoms with E-state index < -0.39 is 5.97 Å². The van der Waals surface area contributed by atoms with Gasteiger partial charge in [0.1, 0.15) is 0 Å².